The zero-order chi connectivity index (χ0) is 13.8. The minimum atomic E-state index is 0.941. The van der Waals surface area contributed by atoms with Gasteiger partial charge in [-0.05, 0) is 46.6 Å². The van der Waals surface area contributed by atoms with Crippen LogP contribution in [0.4, 0.5) is 11.6 Å². The van der Waals surface area contributed by atoms with E-state index in [1.54, 1.807) is 6.20 Å². The Labute approximate surface area is 126 Å². The van der Waals surface area contributed by atoms with E-state index in [0.717, 1.165) is 48.7 Å². The summed E-state index contributed by atoms with van der Waals surface area (Å²) in [6.45, 7) is 3.92. The van der Waals surface area contributed by atoms with Gasteiger partial charge in [0, 0.05) is 43.0 Å². The average Bonchev–Trinajstić information content (AvgIpc) is 2.75. The molecule has 1 aliphatic heterocycles. The summed E-state index contributed by atoms with van der Waals surface area (Å²) >= 11 is 3.42. The molecule has 0 radical (unpaired) electrons. The van der Waals surface area contributed by atoms with E-state index in [2.05, 4.69) is 47.0 Å². The largest absolute Gasteiger partial charge is 0.355 e. The molecule has 20 heavy (non-hydrogen) atoms. The van der Waals surface area contributed by atoms with Crippen LogP contribution >= 0.6 is 15.9 Å². The third-order valence-corrected chi connectivity index (χ3v) is 3.88. The molecule has 0 bridgehead atoms. The molecule has 0 aromatic carbocycles. The number of halogens is 1. The van der Waals surface area contributed by atoms with E-state index in [1.165, 1.54) is 0 Å². The quantitative estimate of drug-likeness (QED) is 0.844. The second-order valence-electron chi connectivity index (χ2n) is 4.74. The van der Waals surface area contributed by atoms with Gasteiger partial charge in [0.15, 0.2) is 5.82 Å². The first-order chi connectivity index (χ1) is 9.83. The number of anilines is 2. The Bertz CT molecular complexity index is 545. The molecule has 0 saturated carbocycles. The molecule has 6 heteroatoms. The van der Waals surface area contributed by atoms with Crippen molar-refractivity contribution in [1.82, 2.24) is 15.2 Å². The first kappa shape index (κ1) is 13.3. The Kier molecular flexibility index (Phi) is 4.11. The minimum absolute atomic E-state index is 0.941. The first-order valence-electron chi connectivity index (χ1n) is 6.72. The molecule has 0 N–H and O–H groups in total. The van der Waals surface area contributed by atoms with Crippen LogP contribution in [0.2, 0.25) is 0 Å². The number of hydrogen-bond donors (Lipinski definition) is 0. The van der Waals surface area contributed by atoms with Crippen LogP contribution in [0.3, 0.4) is 0 Å². The molecule has 5 nitrogen and oxygen atoms in total. The maximum atomic E-state index is 4.47. The number of rotatable bonds is 2. The summed E-state index contributed by atoms with van der Waals surface area (Å²) in [6, 6.07) is 8.04. The molecule has 0 unspecified atom stereocenters. The van der Waals surface area contributed by atoms with E-state index in [0.29, 0.717) is 0 Å². The van der Waals surface area contributed by atoms with Gasteiger partial charge in [-0.25, -0.2) is 4.98 Å². The van der Waals surface area contributed by atoms with Gasteiger partial charge in [-0.1, -0.05) is 0 Å². The zero-order valence-electron chi connectivity index (χ0n) is 11.1. The molecule has 0 atom stereocenters. The molecule has 0 spiro atoms. The molecular weight excluding hydrogens is 318 g/mol. The van der Waals surface area contributed by atoms with Crippen molar-refractivity contribution in [1.29, 1.82) is 0 Å². The van der Waals surface area contributed by atoms with Crippen LogP contribution in [0.15, 0.2) is 41.1 Å². The Morgan fingerprint density at radius 1 is 0.950 bits per heavy atom. The highest BCUT2D eigenvalue weighted by atomic mass is 79.9. The van der Waals surface area contributed by atoms with Gasteiger partial charge in [-0.15, -0.1) is 5.10 Å². The van der Waals surface area contributed by atoms with Gasteiger partial charge in [0.2, 0.25) is 0 Å². The molecule has 2 aromatic heterocycles. The van der Waals surface area contributed by atoms with Gasteiger partial charge < -0.3 is 9.80 Å². The van der Waals surface area contributed by atoms with E-state index in [1.807, 2.05) is 24.4 Å². The summed E-state index contributed by atoms with van der Waals surface area (Å²) in [6.07, 6.45) is 4.65. The van der Waals surface area contributed by atoms with Crippen molar-refractivity contribution in [2.24, 2.45) is 0 Å². The van der Waals surface area contributed by atoms with Crippen molar-refractivity contribution in [2.45, 2.75) is 6.42 Å². The summed E-state index contributed by atoms with van der Waals surface area (Å²) < 4.78 is 1.01. The molecule has 1 aliphatic rings. The van der Waals surface area contributed by atoms with E-state index >= 15 is 0 Å². The molecule has 1 saturated heterocycles. The maximum Gasteiger partial charge on any atom is 0.151 e. The van der Waals surface area contributed by atoms with Crippen LogP contribution in [-0.2, 0) is 0 Å². The third-order valence-electron chi connectivity index (χ3n) is 3.41. The lowest BCUT2D eigenvalue weighted by Crippen LogP contribution is -2.31. The number of aromatic nitrogens is 3. The molecule has 0 amide bonds. The van der Waals surface area contributed by atoms with E-state index < -0.39 is 0 Å². The minimum Gasteiger partial charge on any atom is -0.355 e. The highest BCUT2D eigenvalue weighted by Gasteiger charge is 2.16. The third kappa shape index (κ3) is 3.07. The molecular formula is C14H16BrN5. The number of hydrogen-bond acceptors (Lipinski definition) is 5. The fraction of sp³-hybridized carbons (Fsp3) is 0.357. The van der Waals surface area contributed by atoms with Gasteiger partial charge in [0.1, 0.15) is 5.82 Å². The van der Waals surface area contributed by atoms with Gasteiger partial charge in [0.25, 0.3) is 0 Å². The van der Waals surface area contributed by atoms with E-state index in [4.69, 9.17) is 0 Å². The van der Waals surface area contributed by atoms with Crippen LogP contribution in [0.1, 0.15) is 6.42 Å². The summed E-state index contributed by atoms with van der Waals surface area (Å²) in [5, 5.41) is 8.14. The van der Waals surface area contributed by atoms with Crippen LogP contribution < -0.4 is 9.80 Å². The van der Waals surface area contributed by atoms with Crippen LogP contribution in [-0.4, -0.2) is 41.4 Å². The molecule has 2 aromatic rings. The van der Waals surface area contributed by atoms with Crippen molar-refractivity contribution in [3.05, 3.63) is 41.1 Å². The van der Waals surface area contributed by atoms with Gasteiger partial charge in [-0.2, -0.15) is 5.10 Å². The Balaban J connectivity index is 1.69. The molecule has 104 valence electrons. The van der Waals surface area contributed by atoms with E-state index in [-0.39, 0.29) is 0 Å². The lowest BCUT2D eigenvalue weighted by molar-refractivity contribution is 0.785. The van der Waals surface area contributed by atoms with Crippen LogP contribution in [0.25, 0.3) is 0 Å². The lowest BCUT2D eigenvalue weighted by atomic mass is 10.3. The second kappa shape index (κ2) is 6.17. The Morgan fingerprint density at radius 3 is 2.40 bits per heavy atom. The maximum absolute atomic E-state index is 4.47. The van der Waals surface area contributed by atoms with Crippen LogP contribution in [0.5, 0.6) is 0 Å². The molecule has 3 heterocycles. The monoisotopic (exact) mass is 333 g/mol. The number of nitrogens with zero attached hydrogens (tertiary/aromatic N) is 5. The van der Waals surface area contributed by atoms with Gasteiger partial charge >= 0.3 is 0 Å². The zero-order valence-corrected chi connectivity index (χ0v) is 12.7. The van der Waals surface area contributed by atoms with Crippen LogP contribution in [0, 0.1) is 0 Å². The van der Waals surface area contributed by atoms with Crippen molar-refractivity contribution < 1.29 is 0 Å². The summed E-state index contributed by atoms with van der Waals surface area (Å²) in [5.41, 5.74) is 0. The second-order valence-corrected chi connectivity index (χ2v) is 5.66. The summed E-state index contributed by atoms with van der Waals surface area (Å²) in [5.74, 6) is 1.99. The SMILES string of the molecule is Brc1ccc(N2CCCN(c3cccnn3)CC2)nc1. The Hall–Kier alpha value is -1.69. The van der Waals surface area contributed by atoms with Crippen molar-refractivity contribution >= 4 is 27.6 Å². The van der Waals surface area contributed by atoms with Crippen molar-refractivity contribution in [2.75, 3.05) is 36.0 Å². The van der Waals surface area contributed by atoms with E-state index in [9.17, 15) is 0 Å². The predicted molar refractivity (Wildman–Crippen MR) is 83.0 cm³/mol. The normalized spacial score (nSPS) is 16.1. The highest BCUT2D eigenvalue weighted by molar-refractivity contribution is 9.10. The van der Waals surface area contributed by atoms with Gasteiger partial charge in [-0.3, -0.25) is 0 Å². The number of pyridine rings is 1. The summed E-state index contributed by atoms with van der Waals surface area (Å²) in [7, 11) is 0. The molecule has 0 aliphatic carbocycles. The van der Waals surface area contributed by atoms with Gasteiger partial charge in [0.05, 0.1) is 0 Å². The predicted octanol–water partition coefficient (Wildman–Crippen LogP) is 2.35. The topological polar surface area (TPSA) is 45.2 Å². The smallest absolute Gasteiger partial charge is 0.151 e. The highest BCUT2D eigenvalue weighted by Crippen LogP contribution is 2.18. The van der Waals surface area contributed by atoms with Crippen molar-refractivity contribution in [3.63, 3.8) is 0 Å². The fourth-order valence-corrected chi connectivity index (χ4v) is 2.63. The first-order valence-corrected chi connectivity index (χ1v) is 7.51. The molecule has 3 rings (SSSR count). The molecule has 1 fully saturated rings. The Morgan fingerprint density at radius 2 is 1.75 bits per heavy atom. The lowest BCUT2D eigenvalue weighted by Gasteiger charge is -2.23. The standard InChI is InChI=1S/C14H16BrN5/c15-12-4-5-13(16-11-12)19-7-2-8-20(10-9-19)14-3-1-6-17-18-14/h1,3-6,11H,2,7-10H2. The fourth-order valence-electron chi connectivity index (χ4n) is 2.39. The summed E-state index contributed by atoms with van der Waals surface area (Å²) in [4.78, 5) is 9.08. The van der Waals surface area contributed by atoms with Crippen molar-refractivity contribution in [3.8, 4) is 0 Å². The average molecular weight is 334 g/mol.